The molecule has 1 amide bonds. The average molecular weight is 532 g/mol. The summed E-state index contributed by atoms with van der Waals surface area (Å²) in [5.41, 5.74) is 1.46. The SMILES string of the molecule is COc1ccc(C2=N[C@@](C)(c3ccc(Cl)cc3)[C@@H](c3ccc(Cl)cc3)N2C(=O)Cl)c(OC(C)C)c1. The first-order valence-corrected chi connectivity index (χ1v) is 12.2. The Labute approximate surface area is 220 Å². The maximum atomic E-state index is 13.0. The minimum absolute atomic E-state index is 0.113. The summed E-state index contributed by atoms with van der Waals surface area (Å²) >= 11 is 18.6. The van der Waals surface area contributed by atoms with Crippen molar-refractivity contribution in [2.45, 2.75) is 38.5 Å². The molecule has 0 N–H and O–H groups in total. The second-order valence-corrected chi connectivity index (χ2v) is 9.89. The fourth-order valence-corrected chi connectivity index (χ4v) is 4.81. The number of hydrogen-bond donors (Lipinski definition) is 0. The molecular formula is C27H25Cl3N2O3. The number of halogens is 3. The molecule has 0 aromatic heterocycles. The molecule has 182 valence electrons. The molecule has 0 unspecified atom stereocenters. The molecule has 0 bridgehead atoms. The number of methoxy groups -OCH3 is 1. The van der Waals surface area contributed by atoms with Gasteiger partial charge < -0.3 is 9.47 Å². The van der Waals surface area contributed by atoms with Crippen LogP contribution in [0.2, 0.25) is 10.0 Å². The topological polar surface area (TPSA) is 51.1 Å². The summed E-state index contributed by atoms with van der Waals surface area (Å²) in [5, 5.41) is 0.538. The molecule has 5 nitrogen and oxygen atoms in total. The summed E-state index contributed by atoms with van der Waals surface area (Å²) < 4.78 is 11.5. The van der Waals surface area contributed by atoms with Crippen molar-refractivity contribution in [2.75, 3.05) is 7.11 Å². The first kappa shape index (κ1) is 25.4. The fraction of sp³-hybridized carbons (Fsp3) is 0.259. The molecule has 4 rings (SSSR count). The summed E-state index contributed by atoms with van der Waals surface area (Å²) in [6.45, 7) is 5.83. The van der Waals surface area contributed by atoms with Crippen LogP contribution < -0.4 is 9.47 Å². The third-order valence-corrected chi connectivity index (χ3v) is 6.64. The summed E-state index contributed by atoms with van der Waals surface area (Å²) in [4.78, 5) is 19.7. The molecule has 1 aliphatic rings. The van der Waals surface area contributed by atoms with Crippen molar-refractivity contribution in [2.24, 2.45) is 4.99 Å². The number of benzene rings is 3. The third kappa shape index (κ3) is 4.99. The number of carbonyl (C=O) groups excluding carboxylic acids is 1. The Balaban J connectivity index is 1.97. The Morgan fingerprint density at radius 1 is 1.00 bits per heavy atom. The quantitative estimate of drug-likeness (QED) is 0.240. The minimum Gasteiger partial charge on any atom is -0.497 e. The van der Waals surface area contributed by atoms with Crippen LogP contribution in [0, 0.1) is 0 Å². The zero-order chi connectivity index (χ0) is 25.3. The van der Waals surface area contributed by atoms with Crippen molar-refractivity contribution in [1.82, 2.24) is 4.90 Å². The summed E-state index contributed by atoms with van der Waals surface area (Å²) in [6, 6.07) is 19.6. The van der Waals surface area contributed by atoms with Crippen molar-refractivity contribution in [1.29, 1.82) is 0 Å². The van der Waals surface area contributed by atoms with Gasteiger partial charge >= 0.3 is 5.37 Å². The van der Waals surface area contributed by atoms with Gasteiger partial charge in [0.2, 0.25) is 0 Å². The Hall–Kier alpha value is -2.73. The number of amidine groups is 1. The highest BCUT2D eigenvalue weighted by Gasteiger charge is 2.50. The van der Waals surface area contributed by atoms with Crippen molar-refractivity contribution < 1.29 is 14.3 Å². The van der Waals surface area contributed by atoms with Gasteiger partial charge in [0, 0.05) is 16.1 Å². The van der Waals surface area contributed by atoms with Crippen molar-refractivity contribution in [3.05, 3.63) is 93.5 Å². The van der Waals surface area contributed by atoms with Crippen LogP contribution in [0.3, 0.4) is 0 Å². The van der Waals surface area contributed by atoms with Crippen LogP contribution >= 0.6 is 34.8 Å². The molecule has 8 heteroatoms. The zero-order valence-corrected chi connectivity index (χ0v) is 22.0. The second-order valence-electron chi connectivity index (χ2n) is 8.70. The lowest BCUT2D eigenvalue weighted by Gasteiger charge is -2.34. The van der Waals surface area contributed by atoms with E-state index in [0.29, 0.717) is 32.9 Å². The summed E-state index contributed by atoms with van der Waals surface area (Å²) in [6.07, 6.45) is -0.113. The lowest BCUT2D eigenvalue weighted by Crippen LogP contribution is -2.39. The van der Waals surface area contributed by atoms with Crippen LogP contribution in [0.4, 0.5) is 4.79 Å². The van der Waals surface area contributed by atoms with E-state index in [9.17, 15) is 4.79 Å². The maximum Gasteiger partial charge on any atom is 0.322 e. The zero-order valence-electron chi connectivity index (χ0n) is 19.8. The van der Waals surface area contributed by atoms with E-state index in [-0.39, 0.29) is 6.10 Å². The number of nitrogens with zero attached hydrogens (tertiary/aromatic N) is 2. The Kier molecular flexibility index (Phi) is 7.32. The Morgan fingerprint density at radius 2 is 1.60 bits per heavy atom. The number of hydrogen-bond acceptors (Lipinski definition) is 4. The smallest absolute Gasteiger partial charge is 0.322 e. The molecular weight excluding hydrogens is 507 g/mol. The Morgan fingerprint density at radius 3 is 2.14 bits per heavy atom. The Bertz CT molecular complexity index is 1260. The second kappa shape index (κ2) is 10.1. The van der Waals surface area contributed by atoms with Gasteiger partial charge in [0.25, 0.3) is 0 Å². The molecule has 1 heterocycles. The first-order valence-electron chi connectivity index (χ1n) is 11.1. The monoisotopic (exact) mass is 530 g/mol. The largest absolute Gasteiger partial charge is 0.497 e. The molecule has 0 saturated heterocycles. The number of amides is 1. The van der Waals surface area contributed by atoms with Crippen LogP contribution in [-0.2, 0) is 5.54 Å². The molecule has 1 aliphatic heterocycles. The van der Waals surface area contributed by atoms with E-state index < -0.39 is 16.9 Å². The van der Waals surface area contributed by atoms with Crippen molar-refractivity contribution in [3.63, 3.8) is 0 Å². The summed E-state index contributed by atoms with van der Waals surface area (Å²) in [5.74, 6) is 1.57. The van der Waals surface area contributed by atoms with Crippen molar-refractivity contribution >= 4 is 46.0 Å². The molecule has 0 aliphatic carbocycles. The van der Waals surface area contributed by atoms with Crippen LogP contribution in [0.25, 0.3) is 0 Å². The van der Waals surface area contributed by atoms with Gasteiger partial charge in [-0.15, -0.1) is 0 Å². The van der Waals surface area contributed by atoms with Gasteiger partial charge in [-0.2, -0.15) is 0 Å². The van der Waals surface area contributed by atoms with Gasteiger partial charge in [-0.3, -0.25) is 14.7 Å². The maximum absolute atomic E-state index is 13.0. The van der Waals surface area contributed by atoms with E-state index in [1.54, 1.807) is 31.4 Å². The van der Waals surface area contributed by atoms with E-state index in [0.717, 1.165) is 11.1 Å². The number of rotatable bonds is 6. The van der Waals surface area contributed by atoms with Crippen LogP contribution in [0.1, 0.15) is 43.5 Å². The van der Waals surface area contributed by atoms with Gasteiger partial charge in [-0.25, -0.2) is 0 Å². The standard InChI is InChI=1S/C27H25Cl3N2O3/c1-16(2)35-23-15-21(34-4)13-14-22(23)25-31-27(3,18-7-11-20(29)12-8-18)24(32(25)26(30)33)17-5-9-19(28)10-6-17/h5-16,24H,1-4H3/t24-,27+/m1/s1. The van der Waals surface area contributed by atoms with Gasteiger partial charge in [0.15, 0.2) is 0 Å². The minimum atomic E-state index is -0.882. The number of carbonyl (C=O) groups is 1. The molecule has 3 aromatic carbocycles. The molecule has 0 spiro atoms. The number of aliphatic imine (C=N–C) groups is 1. The van der Waals surface area contributed by atoms with Crippen LogP contribution in [-0.4, -0.2) is 29.3 Å². The first-order chi connectivity index (χ1) is 16.6. The normalized spacial score (nSPS) is 19.6. The van der Waals surface area contributed by atoms with E-state index in [1.807, 2.05) is 63.2 Å². The molecule has 0 fully saturated rings. The highest BCUT2D eigenvalue weighted by molar-refractivity contribution is 6.64. The molecule has 2 atom stereocenters. The molecule has 0 saturated carbocycles. The van der Waals surface area contributed by atoms with Crippen molar-refractivity contribution in [3.8, 4) is 11.5 Å². The molecule has 3 aromatic rings. The van der Waals surface area contributed by atoms with Crippen LogP contribution in [0.15, 0.2) is 71.7 Å². The van der Waals surface area contributed by atoms with Gasteiger partial charge in [-0.1, -0.05) is 47.5 Å². The van der Waals surface area contributed by atoms with Gasteiger partial charge in [-0.05, 0) is 79.9 Å². The fourth-order valence-electron chi connectivity index (χ4n) is 4.38. The lowest BCUT2D eigenvalue weighted by molar-refractivity contribution is 0.217. The number of ether oxygens (including phenoxy) is 2. The highest BCUT2D eigenvalue weighted by Crippen LogP contribution is 2.50. The van der Waals surface area contributed by atoms with E-state index in [2.05, 4.69) is 0 Å². The highest BCUT2D eigenvalue weighted by atomic mass is 35.5. The third-order valence-electron chi connectivity index (χ3n) is 5.95. The van der Waals surface area contributed by atoms with E-state index >= 15 is 0 Å². The molecule has 35 heavy (non-hydrogen) atoms. The van der Waals surface area contributed by atoms with E-state index in [4.69, 9.17) is 49.3 Å². The summed E-state index contributed by atoms with van der Waals surface area (Å²) in [7, 11) is 1.59. The predicted molar refractivity (Wildman–Crippen MR) is 141 cm³/mol. The predicted octanol–water partition coefficient (Wildman–Crippen LogP) is 7.87. The lowest BCUT2D eigenvalue weighted by atomic mass is 9.82. The average Bonchev–Trinajstić information content (AvgIpc) is 3.13. The molecule has 0 radical (unpaired) electrons. The van der Waals surface area contributed by atoms with Gasteiger partial charge in [0.1, 0.15) is 22.9 Å². The van der Waals surface area contributed by atoms with Gasteiger partial charge in [0.05, 0.1) is 24.8 Å². The van der Waals surface area contributed by atoms with E-state index in [1.165, 1.54) is 4.90 Å². The van der Waals surface area contributed by atoms with Crippen LogP contribution in [0.5, 0.6) is 11.5 Å².